The molecule has 2 aliphatic rings. The quantitative estimate of drug-likeness (QED) is 0.447. The van der Waals surface area contributed by atoms with Gasteiger partial charge >= 0.3 is 5.97 Å². The molecule has 0 aromatic carbocycles. The van der Waals surface area contributed by atoms with E-state index in [0.717, 1.165) is 13.0 Å². The van der Waals surface area contributed by atoms with Crippen LogP contribution >= 0.6 is 0 Å². The SMILES string of the molecule is COC(=O)[C@@H]1CCCN1S(=O)(=O)c1ccc(C)nc1OCC[C@@H](C)CCNC1CCC(F)(F)CC1. The van der Waals surface area contributed by atoms with Crippen molar-refractivity contribution in [3.05, 3.63) is 17.8 Å². The molecule has 35 heavy (non-hydrogen) atoms. The molecule has 1 N–H and O–H groups in total. The maximum absolute atomic E-state index is 13.4. The lowest BCUT2D eigenvalue weighted by molar-refractivity contribution is -0.144. The Bertz CT molecular complexity index is 966. The van der Waals surface area contributed by atoms with Gasteiger partial charge in [0.25, 0.3) is 0 Å². The van der Waals surface area contributed by atoms with Gasteiger partial charge in [0.05, 0.1) is 13.7 Å². The molecule has 1 aromatic rings. The first kappa shape index (κ1) is 27.7. The number of nitrogens with one attached hydrogen (secondary N) is 1. The van der Waals surface area contributed by atoms with E-state index in [0.29, 0.717) is 43.7 Å². The van der Waals surface area contributed by atoms with E-state index in [2.05, 4.69) is 17.2 Å². The fourth-order valence-corrected chi connectivity index (χ4v) is 6.34. The summed E-state index contributed by atoms with van der Waals surface area (Å²) in [5.74, 6) is -2.76. The number of hydrogen-bond acceptors (Lipinski definition) is 7. The molecule has 2 atom stereocenters. The first-order valence-corrected chi connectivity index (χ1v) is 13.8. The third kappa shape index (κ3) is 7.33. The third-order valence-corrected chi connectivity index (χ3v) is 8.79. The summed E-state index contributed by atoms with van der Waals surface area (Å²) in [4.78, 5) is 16.4. The number of halogens is 2. The molecule has 1 aliphatic carbocycles. The Morgan fingerprint density at radius 1 is 1.26 bits per heavy atom. The molecule has 1 saturated heterocycles. The average molecular weight is 518 g/mol. The number of pyridine rings is 1. The number of sulfonamides is 1. The van der Waals surface area contributed by atoms with Crippen LogP contribution in [0, 0.1) is 12.8 Å². The number of esters is 1. The maximum atomic E-state index is 13.4. The van der Waals surface area contributed by atoms with Crippen LogP contribution in [-0.2, 0) is 19.6 Å². The molecule has 0 amide bonds. The molecule has 0 unspecified atom stereocenters. The van der Waals surface area contributed by atoms with Crippen molar-refractivity contribution in [1.82, 2.24) is 14.6 Å². The van der Waals surface area contributed by atoms with Crippen LogP contribution in [0.5, 0.6) is 5.88 Å². The van der Waals surface area contributed by atoms with Crippen molar-refractivity contribution in [2.75, 3.05) is 26.8 Å². The highest BCUT2D eigenvalue weighted by molar-refractivity contribution is 7.89. The largest absolute Gasteiger partial charge is 0.477 e. The van der Waals surface area contributed by atoms with Crippen molar-refractivity contribution in [2.45, 2.75) is 88.1 Å². The molecular weight excluding hydrogens is 480 g/mol. The summed E-state index contributed by atoms with van der Waals surface area (Å²) in [6.07, 6.45) is 3.41. The summed E-state index contributed by atoms with van der Waals surface area (Å²) in [6, 6.07) is 2.38. The van der Waals surface area contributed by atoms with Gasteiger partial charge in [-0.15, -0.1) is 0 Å². The van der Waals surface area contributed by atoms with Crippen LogP contribution in [0.15, 0.2) is 17.0 Å². The Labute approximate surface area is 206 Å². The first-order chi connectivity index (χ1) is 16.5. The van der Waals surface area contributed by atoms with Crippen LogP contribution in [-0.4, -0.2) is 68.5 Å². The summed E-state index contributed by atoms with van der Waals surface area (Å²) >= 11 is 0. The van der Waals surface area contributed by atoms with Crippen LogP contribution in [0.2, 0.25) is 0 Å². The molecule has 0 spiro atoms. The molecule has 11 heteroatoms. The number of alkyl halides is 2. The monoisotopic (exact) mass is 517 g/mol. The predicted octanol–water partition coefficient (Wildman–Crippen LogP) is 3.68. The number of aromatic nitrogens is 1. The Morgan fingerprint density at radius 3 is 2.66 bits per heavy atom. The Hall–Kier alpha value is -1.85. The minimum Gasteiger partial charge on any atom is -0.477 e. The van der Waals surface area contributed by atoms with Crippen molar-refractivity contribution in [1.29, 1.82) is 0 Å². The number of ether oxygens (including phenoxy) is 2. The zero-order valence-corrected chi connectivity index (χ0v) is 21.6. The van der Waals surface area contributed by atoms with Gasteiger partial charge in [0.15, 0.2) is 0 Å². The van der Waals surface area contributed by atoms with Gasteiger partial charge in [-0.1, -0.05) is 6.92 Å². The standard InChI is InChI=1S/C24H37F2N3O5S/c1-17(10-14-27-19-8-12-24(25,26)13-9-19)11-16-34-22-21(7-6-18(2)28-22)35(31,32)29-15-4-5-20(29)23(30)33-3/h6-7,17,19-20,27H,4-5,8-16H2,1-3H3/t17-,20-/m0/s1. The molecule has 1 saturated carbocycles. The molecule has 198 valence electrons. The highest BCUT2D eigenvalue weighted by Crippen LogP contribution is 2.33. The highest BCUT2D eigenvalue weighted by Gasteiger charge is 2.41. The van der Waals surface area contributed by atoms with E-state index in [1.54, 1.807) is 13.0 Å². The molecular formula is C24H37F2N3O5S. The summed E-state index contributed by atoms with van der Waals surface area (Å²) < 4.78 is 65.1. The second-order valence-corrected chi connectivity index (χ2v) is 11.5. The fourth-order valence-electron chi connectivity index (χ4n) is 4.62. The lowest BCUT2D eigenvalue weighted by Gasteiger charge is -2.29. The molecule has 1 aromatic heterocycles. The molecule has 0 bridgehead atoms. The van der Waals surface area contributed by atoms with Crippen molar-refractivity contribution in [3.63, 3.8) is 0 Å². The van der Waals surface area contributed by atoms with Gasteiger partial charge in [0, 0.05) is 31.1 Å². The van der Waals surface area contributed by atoms with E-state index < -0.39 is 28.0 Å². The predicted molar refractivity (Wildman–Crippen MR) is 127 cm³/mol. The minimum absolute atomic E-state index is 0.0361. The smallest absolute Gasteiger partial charge is 0.324 e. The fraction of sp³-hybridized carbons (Fsp3) is 0.750. The Morgan fingerprint density at radius 2 is 1.97 bits per heavy atom. The topological polar surface area (TPSA) is 97.8 Å². The molecule has 3 rings (SSSR count). The van der Waals surface area contributed by atoms with Crippen LogP contribution in [0.25, 0.3) is 0 Å². The number of nitrogens with zero attached hydrogens (tertiary/aromatic N) is 2. The zero-order valence-electron chi connectivity index (χ0n) is 20.8. The second kappa shape index (κ2) is 11.9. The lowest BCUT2D eigenvalue weighted by atomic mass is 9.92. The van der Waals surface area contributed by atoms with Gasteiger partial charge in [0.1, 0.15) is 10.9 Å². The normalized spacial score (nSPS) is 22.1. The Balaban J connectivity index is 1.53. The summed E-state index contributed by atoms with van der Waals surface area (Å²) in [5, 5.41) is 3.38. The number of methoxy groups -OCH3 is 1. The molecule has 8 nitrogen and oxygen atoms in total. The number of hydrogen-bond donors (Lipinski definition) is 1. The van der Waals surface area contributed by atoms with E-state index in [9.17, 15) is 22.0 Å². The van der Waals surface area contributed by atoms with Gasteiger partial charge in [-0.25, -0.2) is 22.2 Å². The van der Waals surface area contributed by atoms with Crippen LogP contribution < -0.4 is 10.1 Å². The average Bonchev–Trinajstić information content (AvgIpc) is 3.31. The van der Waals surface area contributed by atoms with Crippen LogP contribution in [0.1, 0.15) is 64.0 Å². The van der Waals surface area contributed by atoms with E-state index in [1.165, 1.54) is 17.5 Å². The first-order valence-electron chi connectivity index (χ1n) is 12.3. The van der Waals surface area contributed by atoms with Crippen LogP contribution in [0.4, 0.5) is 8.78 Å². The number of aryl methyl sites for hydroxylation is 1. The van der Waals surface area contributed by atoms with Gasteiger partial charge in [-0.2, -0.15) is 4.31 Å². The molecule has 2 heterocycles. The molecule has 0 radical (unpaired) electrons. The van der Waals surface area contributed by atoms with E-state index in [-0.39, 0.29) is 42.8 Å². The minimum atomic E-state index is -3.99. The Kier molecular flexibility index (Phi) is 9.45. The zero-order chi connectivity index (χ0) is 25.6. The lowest BCUT2D eigenvalue weighted by Crippen LogP contribution is -2.41. The molecule has 2 fully saturated rings. The summed E-state index contributed by atoms with van der Waals surface area (Å²) in [5.41, 5.74) is 0.625. The van der Waals surface area contributed by atoms with Crippen molar-refractivity contribution >= 4 is 16.0 Å². The van der Waals surface area contributed by atoms with E-state index in [4.69, 9.17) is 9.47 Å². The van der Waals surface area contributed by atoms with Gasteiger partial charge in [-0.3, -0.25) is 4.79 Å². The maximum Gasteiger partial charge on any atom is 0.324 e. The van der Waals surface area contributed by atoms with Gasteiger partial charge in [0.2, 0.25) is 21.8 Å². The summed E-state index contributed by atoms with van der Waals surface area (Å²) in [7, 11) is -2.75. The molecule has 1 aliphatic heterocycles. The van der Waals surface area contributed by atoms with E-state index >= 15 is 0 Å². The third-order valence-electron chi connectivity index (χ3n) is 6.86. The van der Waals surface area contributed by atoms with E-state index in [1.807, 2.05) is 0 Å². The van der Waals surface area contributed by atoms with Gasteiger partial charge in [-0.05, 0) is 70.0 Å². The highest BCUT2D eigenvalue weighted by atomic mass is 32.2. The van der Waals surface area contributed by atoms with Crippen molar-refractivity contribution < 1.29 is 31.5 Å². The van der Waals surface area contributed by atoms with Gasteiger partial charge < -0.3 is 14.8 Å². The van der Waals surface area contributed by atoms with Crippen molar-refractivity contribution in [2.24, 2.45) is 5.92 Å². The number of carbonyl (C=O) groups excluding carboxylic acids is 1. The van der Waals surface area contributed by atoms with Crippen LogP contribution in [0.3, 0.4) is 0 Å². The summed E-state index contributed by atoms with van der Waals surface area (Å²) in [6.45, 7) is 5.09. The second-order valence-electron chi connectivity index (χ2n) is 9.67. The van der Waals surface area contributed by atoms with Crippen molar-refractivity contribution in [3.8, 4) is 5.88 Å². The number of rotatable bonds is 11. The number of carbonyl (C=O) groups is 1.